The fourth-order valence-corrected chi connectivity index (χ4v) is 4.31. The second-order valence-corrected chi connectivity index (χ2v) is 8.56. The number of ether oxygens (including phenoxy) is 2. The first kappa shape index (κ1) is 25.3. The summed E-state index contributed by atoms with van der Waals surface area (Å²) in [6.45, 7) is 2.40. The molecular formula is C27H32FNO5. The van der Waals surface area contributed by atoms with E-state index >= 15 is 0 Å². The van der Waals surface area contributed by atoms with Gasteiger partial charge in [0, 0.05) is 30.4 Å². The molecule has 2 atom stereocenters. The van der Waals surface area contributed by atoms with E-state index in [1.807, 2.05) is 35.9 Å². The lowest BCUT2D eigenvalue weighted by Crippen LogP contribution is -2.19. The molecule has 0 saturated heterocycles. The highest BCUT2D eigenvalue weighted by molar-refractivity contribution is 5.70. The van der Waals surface area contributed by atoms with Crippen LogP contribution in [0.3, 0.4) is 0 Å². The van der Waals surface area contributed by atoms with Crippen molar-refractivity contribution >= 4 is 5.97 Å². The molecule has 0 aliphatic rings. The second-order valence-electron chi connectivity index (χ2n) is 8.56. The molecule has 7 heteroatoms. The largest absolute Gasteiger partial charge is 0.496 e. The van der Waals surface area contributed by atoms with E-state index in [9.17, 15) is 14.3 Å². The number of benzene rings is 2. The van der Waals surface area contributed by atoms with Crippen molar-refractivity contribution in [2.24, 2.45) is 5.92 Å². The standard InChI is InChI=1S/C27H32FNO5/c1-18-24(33-2)14-22(15-25(18)34-3)27(32)21(8-4-6-19-7-5-9-23(28)12-19)17-29-11-10-20(16-29)13-26(30)31/h5,7,9-12,14-16,21,27,32H,4,6,8,13,17H2,1-3H3,(H,30,31)/t21-,27?/m1/s1. The number of aliphatic hydroxyl groups is 1. The molecule has 0 aliphatic heterocycles. The van der Waals surface area contributed by atoms with Gasteiger partial charge in [0.25, 0.3) is 0 Å². The highest BCUT2D eigenvalue weighted by Gasteiger charge is 2.24. The number of aliphatic hydroxyl groups excluding tert-OH is 1. The predicted octanol–water partition coefficient (Wildman–Crippen LogP) is 4.95. The Balaban J connectivity index is 1.82. The number of aryl methyl sites for hydroxylation is 1. The molecule has 0 bridgehead atoms. The first-order valence-corrected chi connectivity index (χ1v) is 11.3. The minimum Gasteiger partial charge on any atom is -0.496 e. The smallest absolute Gasteiger partial charge is 0.307 e. The summed E-state index contributed by atoms with van der Waals surface area (Å²) in [4.78, 5) is 11.0. The first-order valence-electron chi connectivity index (χ1n) is 11.3. The molecule has 1 unspecified atom stereocenters. The van der Waals surface area contributed by atoms with Gasteiger partial charge in [-0.25, -0.2) is 4.39 Å². The number of hydrogen-bond donors (Lipinski definition) is 2. The maximum atomic E-state index is 13.5. The SMILES string of the molecule is COc1cc(C(O)[C@H](CCCc2cccc(F)c2)Cn2ccc(CC(=O)O)c2)cc(OC)c1C. The Bertz CT molecular complexity index is 1080. The summed E-state index contributed by atoms with van der Waals surface area (Å²) in [6, 6.07) is 12.0. The summed E-state index contributed by atoms with van der Waals surface area (Å²) in [5.41, 5.74) is 3.16. The van der Waals surface area contributed by atoms with Gasteiger partial charge in [-0.1, -0.05) is 12.1 Å². The maximum Gasteiger partial charge on any atom is 0.307 e. The molecule has 0 saturated carbocycles. The summed E-state index contributed by atoms with van der Waals surface area (Å²) in [5, 5.41) is 20.4. The predicted molar refractivity (Wildman–Crippen MR) is 128 cm³/mol. The van der Waals surface area contributed by atoms with Crippen LogP contribution in [0.5, 0.6) is 11.5 Å². The van der Waals surface area contributed by atoms with E-state index < -0.39 is 12.1 Å². The third-order valence-electron chi connectivity index (χ3n) is 6.10. The number of aromatic nitrogens is 1. The quantitative estimate of drug-likeness (QED) is 0.392. The van der Waals surface area contributed by atoms with Gasteiger partial charge in [-0.3, -0.25) is 4.79 Å². The molecule has 3 rings (SSSR count). The van der Waals surface area contributed by atoms with Crippen molar-refractivity contribution in [3.8, 4) is 11.5 Å². The number of carboxylic acids is 1. The Morgan fingerprint density at radius 2 is 1.79 bits per heavy atom. The Labute approximate surface area is 199 Å². The molecule has 3 aromatic rings. The van der Waals surface area contributed by atoms with Crippen LogP contribution in [-0.4, -0.2) is 35.0 Å². The zero-order valence-corrected chi connectivity index (χ0v) is 19.8. The number of methoxy groups -OCH3 is 2. The monoisotopic (exact) mass is 469 g/mol. The van der Waals surface area contributed by atoms with Crippen LogP contribution in [0.25, 0.3) is 0 Å². The number of rotatable bonds is 12. The lowest BCUT2D eigenvalue weighted by Gasteiger charge is -2.25. The number of carbonyl (C=O) groups is 1. The Kier molecular flexibility index (Phi) is 8.71. The van der Waals surface area contributed by atoms with E-state index in [2.05, 4.69) is 0 Å². The zero-order valence-electron chi connectivity index (χ0n) is 19.8. The normalized spacial score (nSPS) is 12.9. The van der Waals surface area contributed by atoms with Crippen LogP contribution >= 0.6 is 0 Å². The van der Waals surface area contributed by atoms with Crippen LogP contribution in [0.2, 0.25) is 0 Å². The van der Waals surface area contributed by atoms with E-state index in [0.717, 1.165) is 17.5 Å². The second kappa shape index (κ2) is 11.7. The number of nitrogens with zero attached hydrogens (tertiary/aromatic N) is 1. The minimum absolute atomic E-state index is 0.0495. The Hall–Kier alpha value is -3.32. The van der Waals surface area contributed by atoms with Crippen molar-refractivity contribution in [1.82, 2.24) is 4.57 Å². The number of hydrogen-bond acceptors (Lipinski definition) is 4. The summed E-state index contributed by atoms with van der Waals surface area (Å²) >= 11 is 0. The zero-order chi connectivity index (χ0) is 24.7. The molecule has 34 heavy (non-hydrogen) atoms. The van der Waals surface area contributed by atoms with Crippen molar-refractivity contribution in [2.45, 2.75) is 45.3 Å². The molecule has 182 valence electrons. The number of carboxylic acid groups (broad SMARTS) is 1. The van der Waals surface area contributed by atoms with Crippen LogP contribution in [0.1, 0.15) is 41.2 Å². The van der Waals surface area contributed by atoms with Gasteiger partial charge in [0.05, 0.1) is 26.7 Å². The fourth-order valence-electron chi connectivity index (χ4n) is 4.31. The van der Waals surface area contributed by atoms with Gasteiger partial charge in [-0.15, -0.1) is 0 Å². The molecule has 0 amide bonds. The molecule has 2 aromatic carbocycles. The van der Waals surface area contributed by atoms with Crippen molar-refractivity contribution in [3.05, 3.63) is 82.9 Å². The molecule has 0 fully saturated rings. The molecule has 0 radical (unpaired) electrons. The van der Waals surface area contributed by atoms with Gasteiger partial charge in [-0.2, -0.15) is 0 Å². The fraction of sp³-hybridized carbons (Fsp3) is 0.370. The van der Waals surface area contributed by atoms with E-state index in [1.54, 1.807) is 32.5 Å². The average Bonchev–Trinajstić information content (AvgIpc) is 3.24. The maximum absolute atomic E-state index is 13.5. The Morgan fingerprint density at radius 1 is 1.09 bits per heavy atom. The molecule has 0 aliphatic carbocycles. The molecule has 1 heterocycles. The topological polar surface area (TPSA) is 80.9 Å². The van der Waals surface area contributed by atoms with Crippen LogP contribution < -0.4 is 9.47 Å². The summed E-state index contributed by atoms with van der Waals surface area (Å²) in [7, 11) is 3.16. The van der Waals surface area contributed by atoms with Gasteiger partial charge < -0.3 is 24.3 Å². The van der Waals surface area contributed by atoms with Crippen molar-refractivity contribution in [2.75, 3.05) is 14.2 Å². The van der Waals surface area contributed by atoms with Crippen LogP contribution in [0, 0.1) is 18.7 Å². The lowest BCUT2D eigenvalue weighted by molar-refractivity contribution is -0.136. The summed E-state index contributed by atoms with van der Waals surface area (Å²) < 4.78 is 26.4. The molecular weight excluding hydrogens is 437 g/mol. The first-order chi connectivity index (χ1) is 16.3. The van der Waals surface area contributed by atoms with Crippen molar-refractivity contribution in [1.29, 1.82) is 0 Å². The highest BCUT2D eigenvalue weighted by Crippen LogP contribution is 2.36. The van der Waals surface area contributed by atoms with Crippen molar-refractivity contribution < 1.29 is 28.9 Å². The van der Waals surface area contributed by atoms with Gasteiger partial charge in [0.2, 0.25) is 0 Å². The van der Waals surface area contributed by atoms with Crippen LogP contribution in [-0.2, 0) is 24.2 Å². The van der Waals surface area contributed by atoms with E-state index in [0.29, 0.717) is 42.0 Å². The van der Waals surface area contributed by atoms with E-state index in [1.165, 1.54) is 12.1 Å². The molecule has 2 N–H and O–H groups in total. The lowest BCUT2D eigenvalue weighted by atomic mass is 9.89. The van der Waals surface area contributed by atoms with E-state index in [4.69, 9.17) is 14.6 Å². The minimum atomic E-state index is -0.886. The summed E-state index contributed by atoms with van der Waals surface area (Å²) in [5.74, 6) is -0.0431. The van der Waals surface area contributed by atoms with Gasteiger partial charge in [0.15, 0.2) is 0 Å². The average molecular weight is 470 g/mol. The van der Waals surface area contributed by atoms with Crippen LogP contribution in [0.4, 0.5) is 4.39 Å². The molecule has 6 nitrogen and oxygen atoms in total. The van der Waals surface area contributed by atoms with Crippen LogP contribution in [0.15, 0.2) is 54.9 Å². The Morgan fingerprint density at radius 3 is 2.41 bits per heavy atom. The highest BCUT2D eigenvalue weighted by atomic mass is 19.1. The molecule has 1 aromatic heterocycles. The van der Waals surface area contributed by atoms with Gasteiger partial charge in [-0.05, 0) is 73.2 Å². The van der Waals surface area contributed by atoms with Crippen molar-refractivity contribution in [3.63, 3.8) is 0 Å². The summed E-state index contributed by atoms with van der Waals surface area (Å²) in [6.07, 6.45) is 4.92. The number of aliphatic carboxylic acids is 1. The third kappa shape index (κ3) is 6.60. The van der Waals surface area contributed by atoms with Gasteiger partial charge >= 0.3 is 5.97 Å². The number of halogens is 1. The van der Waals surface area contributed by atoms with Gasteiger partial charge in [0.1, 0.15) is 17.3 Å². The van der Waals surface area contributed by atoms with E-state index in [-0.39, 0.29) is 18.2 Å². The third-order valence-corrected chi connectivity index (χ3v) is 6.10. The molecule has 0 spiro atoms.